The number of ether oxygens (including phenoxy) is 1. The van der Waals surface area contributed by atoms with Crippen molar-refractivity contribution in [3.05, 3.63) is 29.3 Å². The third kappa shape index (κ3) is 4.66. The molecule has 0 unspecified atom stereocenters. The lowest BCUT2D eigenvalue weighted by Crippen LogP contribution is -2.00. The molecule has 1 aromatic rings. The number of phenolic OH excluding ortho intramolecular Hbond substituents is 1. The summed E-state index contributed by atoms with van der Waals surface area (Å²) in [6.45, 7) is 4.29. The van der Waals surface area contributed by atoms with Gasteiger partial charge in [0.15, 0.2) is 11.5 Å². The molecule has 0 fully saturated rings. The molecule has 0 aliphatic rings. The first kappa shape index (κ1) is 15.1. The predicted octanol–water partition coefficient (Wildman–Crippen LogP) is 3.45. The maximum absolute atomic E-state index is 11.1. The van der Waals surface area contributed by atoms with E-state index in [9.17, 15) is 9.90 Å². The normalized spacial score (nSPS) is 11.4. The summed E-state index contributed by atoms with van der Waals surface area (Å²) in [5.74, 6) is -0.472. The Kier molecular flexibility index (Phi) is 5.93. The van der Waals surface area contributed by atoms with Gasteiger partial charge in [-0.05, 0) is 43.5 Å². The van der Waals surface area contributed by atoms with E-state index in [0.717, 1.165) is 18.4 Å². The average Bonchev–Trinajstić information content (AvgIpc) is 2.38. The first-order valence-corrected chi connectivity index (χ1v) is 6.48. The third-order valence-corrected chi connectivity index (χ3v) is 2.70. The van der Waals surface area contributed by atoms with Crippen LogP contribution >= 0.6 is 0 Å². The molecule has 0 spiro atoms. The molecule has 0 amide bonds. The Morgan fingerprint density at radius 2 is 2.11 bits per heavy atom. The minimum Gasteiger partial charge on any atom is -0.504 e. The highest BCUT2D eigenvalue weighted by Gasteiger charge is 2.08. The molecule has 0 saturated heterocycles. The molecule has 104 valence electrons. The highest BCUT2D eigenvalue weighted by Crippen LogP contribution is 2.28. The number of benzene rings is 1. The van der Waals surface area contributed by atoms with E-state index in [0.29, 0.717) is 24.4 Å². The second-order valence-electron chi connectivity index (χ2n) is 4.24. The number of hydrogen-bond acceptors (Lipinski definition) is 3. The standard InChI is InChI=1S/C15H20O4/c1-3-5-6-12(15(17)18)9-11-7-8-13(16)14(10-11)19-4-2/h7-10,16H,3-6H2,1-2H3,(H,17,18)/b12-9+. The predicted molar refractivity (Wildman–Crippen MR) is 74.4 cm³/mol. The zero-order valence-corrected chi connectivity index (χ0v) is 11.3. The summed E-state index contributed by atoms with van der Waals surface area (Å²) in [5, 5.41) is 18.7. The summed E-state index contributed by atoms with van der Waals surface area (Å²) in [7, 11) is 0. The Labute approximate surface area is 113 Å². The van der Waals surface area contributed by atoms with E-state index in [1.54, 1.807) is 18.2 Å². The van der Waals surface area contributed by atoms with Crippen molar-refractivity contribution >= 4 is 12.0 Å². The molecule has 4 nitrogen and oxygen atoms in total. The highest BCUT2D eigenvalue weighted by atomic mass is 16.5. The molecule has 0 aliphatic heterocycles. The lowest BCUT2D eigenvalue weighted by Gasteiger charge is -2.07. The fraction of sp³-hybridized carbons (Fsp3) is 0.400. The molecule has 0 saturated carbocycles. The van der Waals surface area contributed by atoms with Crippen LogP contribution in [0.4, 0.5) is 0 Å². The van der Waals surface area contributed by atoms with Crippen molar-refractivity contribution in [2.75, 3.05) is 6.61 Å². The van der Waals surface area contributed by atoms with Crippen molar-refractivity contribution in [2.24, 2.45) is 0 Å². The number of hydrogen-bond donors (Lipinski definition) is 2. The van der Waals surface area contributed by atoms with Crippen molar-refractivity contribution < 1.29 is 19.7 Å². The van der Waals surface area contributed by atoms with Crippen LogP contribution in [0.5, 0.6) is 11.5 Å². The summed E-state index contributed by atoms with van der Waals surface area (Å²) in [6, 6.07) is 4.83. The Balaban J connectivity index is 2.99. The smallest absolute Gasteiger partial charge is 0.331 e. The maximum Gasteiger partial charge on any atom is 0.331 e. The van der Waals surface area contributed by atoms with Crippen LogP contribution in [-0.2, 0) is 4.79 Å². The van der Waals surface area contributed by atoms with E-state index >= 15 is 0 Å². The van der Waals surface area contributed by atoms with Gasteiger partial charge in [-0.3, -0.25) is 0 Å². The van der Waals surface area contributed by atoms with Gasteiger partial charge in [-0.2, -0.15) is 0 Å². The van der Waals surface area contributed by atoms with Crippen molar-refractivity contribution in [1.82, 2.24) is 0 Å². The molecule has 0 aliphatic carbocycles. The van der Waals surface area contributed by atoms with Crippen molar-refractivity contribution in [3.63, 3.8) is 0 Å². The van der Waals surface area contributed by atoms with E-state index in [1.165, 1.54) is 6.07 Å². The van der Waals surface area contributed by atoms with Crippen LogP contribution in [0, 0.1) is 0 Å². The minimum absolute atomic E-state index is 0.0597. The fourth-order valence-electron chi connectivity index (χ4n) is 1.70. The first-order valence-electron chi connectivity index (χ1n) is 6.48. The average molecular weight is 264 g/mol. The van der Waals surface area contributed by atoms with Gasteiger partial charge in [-0.15, -0.1) is 0 Å². The molecule has 0 atom stereocenters. The summed E-state index contributed by atoms with van der Waals surface area (Å²) in [5.41, 5.74) is 1.09. The number of aromatic hydroxyl groups is 1. The number of rotatable bonds is 7. The summed E-state index contributed by atoms with van der Waals surface area (Å²) < 4.78 is 5.27. The third-order valence-electron chi connectivity index (χ3n) is 2.70. The SMILES string of the molecule is CCCC/C(=C\c1ccc(O)c(OCC)c1)C(=O)O. The highest BCUT2D eigenvalue weighted by molar-refractivity contribution is 5.92. The van der Waals surface area contributed by atoms with Crippen LogP contribution in [0.15, 0.2) is 23.8 Å². The van der Waals surface area contributed by atoms with Gasteiger partial charge >= 0.3 is 5.97 Å². The molecule has 4 heteroatoms. The summed E-state index contributed by atoms with van der Waals surface area (Å²) >= 11 is 0. The summed E-state index contributed by atoms with van der Waals surface area (Å²) in [6.07, 6.45) is 3.95. The zero-order chi connectivity index (χ0) is 14.3. The lowest BCUT2D eigenvalue weighted by atomic mass is 10.1. The quantitative estimate of drug-likeness (QED) is 0.740. The van der Waals surface area contributed by atoms with Crippen LogP contribution < -0.4 is 4.74 Å². The van der Waals surface area contributed by atoms with Crippen molar-refractivity contribution in [1.29, 1.82) is 0 Å². The van der Waals surface area contributed by atoms with Crippen LogP contribution in [0.2, 0.25) is 0 Å². The topological polar surface area (TPSA) is 66.8 Å². The monoisotopic (exact) mass is 264 g/mol. The molecule has 19 heavy (non-hydrogen) atoms. The number of aliphatic carboxylic acids is 1. The largest absolute Gasteiger partial charge is 0.504 e. The van der Waals surface area contributed by atoms with Crippen LogP contribution in [0.25, 0.3) is 6.08 Å². The molecule has 1 rings (SSSR count). The van der Waals surface area contributed by atoms with E-state index < -0.39 is 5.97 Å². The van der Waals surface area contributed by atoms with Gasteiger partial charge in [0, 0.05) is 5.57 Å². The van der Waals surface area contributed by atoms with Gasteiger partial charge in [-0.1, -0.05) is 19.4 Å². The molecule has 2 N–H and O–H groups in total. The van der Waals surface area contributed by atoms with E-state index in [1.807, 2.05) is 13.8 Å². The number of unbranched alkanes of at least 4 members (excludes halogenated alkanes) is 1. The zero-order valence-electron chi connectivity index (χ0n) is 11.3. The van der Waals surface area contributed by atoms with Gasteiger partial charge in [0.2, 0.25) is 0 Å². The minimum atomic E-state index is -0.903. The summed E-state index contributed by atoms with van der Waals surface area (Å²) in [4.78, 5) is 11.1. The molecule has 0 radical (unpaired) electrons. The Morgan fingerprint density at radius 3 is 2.68 bits per heavy atom. The molecule has 1 aromatic carbocycles. The second-order valence-corrected chi connectivity index (χ2v) is 4.24. The van der Waals surface area contributed by atoms with E-state index in [4.69, 9.17) is 9.84 Å². The van der Waals surface area contributed by atoms with Crippen LogP contribution in [0.3, 0.4) is 0 Å². The van der Waals surface area contributed by atoms with Crippen molar-refractivity contribution in [2.45, 2.75) is 33.1 Å². The Hall–Kier alpha value is -1.97. The van der Waals surface area contributed by atoms with Crippen LogP contribution in [0.1, 0.15) is 38.7 Å². The van der Waals surface area contributed by atoms with Crippen molar-refractivity contribution in [3.8, 4) is 11.5 Å². The fourth-order valence-corrected chi connectivity index (χ4v) is 1.70. The second kappa shape index (κ2) is 7.46. The Bertz CT molecular complexity index is 463. The molecule has 0 heterocycles. The Morgan fingerprint density at radius 1 is 1.37 bits per heavy atom. The first-order chi connectivity index (χ1) is 9.08. The van der Waals surface area contributed by atoms with Gasteiger partial charge in [0.05, 0.1) is 6.61 Å². The number of carboxylic acid groups (broad SMARTS) is 1. The van der Waals surface area contributed by atoms with Gasteiger partial charge < -0.3 is 14.9 Å². The van der Waals surface area contributed by atoms with E-state index in [-0.39, 0.29) is 5.75 Å². The molecule has 0 aromatic heterocycles. The molecular formula is C15H20O4. The van der Waals surface area contributed by atoms with Crippen LogP contribution in [-0.4, -0.2) is 22.8 Å². The number of carbonyl (C=O) groups is 1. The maximum atomic E-state index is 11.1. The molecule has 0 bridgehead atoms. The van der Waals surface area contributed by atoms with Gasteiger partial charge in [0.25, 0.3) is 0 Å². The number of phenols is 1. The number of carboxylic acids is 1. The lowest BCUT2D eigenvalue weighted by molar-refractivity contribution is -0.132. The molecular weight excluding hydrogens is 244 g/mol. The van der Waals surface area contributed by atoms with Gasteiger partial charge in [0.1, 0.15) is 0 Å². The van der Waals surface area contributed by atoms with Gasteiger partial charge in [-0.25, -0.2) is 4.79 Å². The van der Waals surface area contributed by atoms with E-state index in [2.05, 4.69) is 0 Å².